The number of pyridine rings is 3. The highest BCUT2D eigenvalue weighted by atomic mass is 16.5. The molecule has 0 spiro atoms. The maximum atomic E-state index is 14.5. The molecule has 2 saturated heterocycles. The van der Waals surface area contributed by atoms with Crippen molar-refractivity contribution in [2.45, 2.75) is 70.9 Å². The van der Waals surface area contributed by atoms with Gasteiger partial charge in [-0.25, -0.2) is 4.98 Å². The Morgan fingerprint density at radius 2 is 1.83 bits per heavy atom. The lowest BCUT2D eigenvalue weighted by Crippen LogP contribution is -2.76. The first-order chi connectivity index (χ1) is 26.0. The summed E-state index contributed by atoms with van der Waals surface area (Å²) < 4.78 is 18.1. The molecule has 1 unspecified atom stereocenters. The molecule has 5 aliphatic rings. The van der Waals surface area contributed by atoms with Crippen molar-refractivity contribution in [3.05, 3.63) is 61.8 Å². The van der Waals surface area contributed by atoms with E-state index in [1.54, 1.807) is 29.4 Å². The number of nitrogens with zero attached hydrogens (tertiary/aromatic N) is 7. The lowest BCUT2D eigenvalue weighted by molar-refractivity contribution is -0.187. The van der Waals surface area contributed by atoms with Crippen molar-refractivity contribution < 1.29 is 23.8 Å². The minimum absolute atomic E-state index is 0.0354. The fraction of sp³-hybridized carbons (Fsp3) is 0.553. The van der Waals surface area contributed by atoms with Gasteiger partial charge in [-0.3, -0.25) is 19.2 Å². The smallest absolute Gasteiger partial charge is 0.263 e. The molecule has 1 atom stereocenters. The molecule has 16 nitrogen and oxygen atoms in total. The van der Waals surface area contributed by atoms with Gasteiger partial charge in [-0.05, 0) is 49.5 Å². The van der Waals surface area contributed by atoms with E-state index in [-0.39, 0.29) is 64.8 Å². The molecule has 54 heavy (non-hydrogen) atoms. The van der Waals surface area contributed by atoms with E-state index in [0.29, 0.717) is 84.6 Å². The number of hydrogen-bond acceptors (Lipinski definition) is 11. The molecule has 3 saturated carbocycles. The van der Waals surface area contributed by atoms with Crippen LogP contribution in [-0.4, -0.2) is 105 Å². The zero-order valence-corrected chi connectivity index (χ0v) is 31.4. The number of piperazine rings is 1. The number of H-pyrrole nitrogens is 1. The molecule has 3 aliphatic carbocycles. The molecule has 2 amide bonds. The first-order valence-electron chi connectivity index (χ1n) is 18.8. The second-order valence-corrected chi connectivity index (χ2v) is 15.5. The molecule has 0 aromatic carbocycles. The van der Waals surface area contributed by atoms with Crippen LogP contribution in [0, 0.1) is 11.3 Å². The third-order valence-corrected chi connectivity index (χ3v) is 12.1. The van der Waals surface area contributed by atoms with Gasteiger partial charge in [0.2, 0.25) is 28.5 Å². The van der Waals surface area contributed by atoms with Crippen LogP contribution in [0.25, 0.3) is 16.9 Å². The Morgan fingerprint density at radius 1 is 1.07 bits per heavy atom. The van der Waals surface area contributed by atoms with Crippen LogP contribution >= 0.6 is 0 Å². The van der Waals surface area contributed by atoms with E-state index in [1.165, 1.54) is 19.0 Å². The van der Waals surface area contributed by atoms with E-state index in [0.717, 1.165) is 19.3 Å². The third-order valence-electron chi connectivity index (χ3n) is 12.1. The zero-order valence-electron chi connectivity index (χ0n) is 31.4. The molecule has 2 bridgehead atoms. The minimum atomic E-state index is -0.433. The van der Waals surface area contributed by atoms with Gasteiger partial charge in [0.15, 0.2) is 11.2 Å². The van der Waals surface area contributed by atoms with Crippen LogP contribution in [0.15, 0.2) is 34.1 Å². The minimum Gasteiger partial charge on any atom is -0.482 e. The molecule has 4 aromatic heterocycles. The number of carbonyl (C=O) groups excluding carboxylic acids is 2. The molecule has 0 radical (unpaired) electrons. The Kier molecular flexibility index (Phi) is 8.98. The van der Waals surface area contributed by atoms with Crippen LogP contribution in [0.5, 0.6) is 11.8 Å². The fourth-order valence-corrected chi connectivity index (χ4v) is 9.08. The van der Waals surface area contributed by atoms with Gasteiger partial charge >= 0.3 is 0 Å². The molecule has 4 aromatic rings. The van der Waals surface area contributed by atoms with E-state index in [2.05, 4.69) is 34.2 Å². The first kappa shape index (κ1) is 35.8. The molecule has 2 N–H and O–H groups in total. The Morgan fingerprint density at radius 3 is 2.48 bits per heavy atom. The van der Waals surface area contributed by atoms with E-state index in [9.17, 15) is 19.2 Å². The summed E-state index contributed by atoms with van der Waals surface area (Å²) in [5.74, 6) is 0.382. The maximum Gasteiger partial charge on any atom is 0.263 e. The van der Waals surface area contributed by atoms with Crippen molar-refractivity contribution in [1.82, 2.24) is 39.7 Å². The summed E-state index contributed by atoms with van der Waals surface area (Å²) in [5, 5.41) is 12.7. The van der Waals surface area contributed by atoms with E-state index < -0.39 is 5.91 Å². The fourth-order valence-electron chi connectivity index (χ4n) is 9.08. The second kappa shape index (κ2) is 13.6. The first-order valence-corrected chi connectivity index (χ1v) is 18.8. The lowest BCUT2D eigenvalue weighted by atomic mass is 9.36. The van der Waals surface area contributed by atoms with Gasteiger partial charge in [-0.15, -0.1) is 15.0 Å². The van der Waals surface area contributed by atoms with Crippen LogP contribution in [0.3, 0.4) is 0 Å². The number of amides is 2. The Labute approximate surface area is 311 Å². The highest BCUT2D eigenvalue weighted by Crippen LogP contribution is 2.70. The lowest BCUT2D eigenvalue weighted by Gasteiger charge is -2.72. The summed E-state index contributed by atoms with van der Waals surface area (Å²) in [4.78, 5) is 68.0. The van der Waals surface area contributed by atoms with Crippen LogP contribution in [0.4, 0.5) is 5.69 Å². The average Bonchev–Trinajstić information content (AvgIpc) is 3.85. The Hall–Kier alpha value is -5.25. The number of ether oxygens (including phenoxy) is 3. The number of nitrogens with one attached hydrogen (secondary N) is 2. The van der Waals surface area contributed by atoms with Gasteiger partial charge < -0.3 is 38.9 Å². The number of anilines is 1. The monoisotopic (exact) mass is 741 g/mol. The summed E-state index contributed by atoms with van der Waals surface area (Å²) in [7, 11) is 2.94. The molecule has 5 fully saturated rings. The largest absolute Gasteiger partial charge is 0.482 e. The van der Waals surface area contributed by atoms with Crippen LogP contribution in [-0.2, 0) is 22.5 Å². The van der Waals surface area contributed by atoms with Crippen molar-refractivity contribution in [2.24, 2.45) is 11.3 Å². The number of aromatic nitrogens is 6. The van der Waals surface area contributed by atoms with Gasteiger partial charge in [0.05, 0.1) is 26.5 Å². The van der Waals surface area contributed by atoms with Crippen molar-refractivity contribution in [1.29, 1.82) is 0 Å². The Bertz CT molecular complexity index is 2230. The number of aromatic amines is 1. The molecular weight excluding hydrogens is 694 g/mol. The average molecular weight is 742 g/mol. The normalized spacial score (nSPS) is 23.3. The van der Waals surface area contributed by atoms with E-state index in [4.69, 9.17) is 19.3 Å². The van der Waals surface area contributed by atoms with Gasteiger partial charge in [-0.2, -0.15) is 0 Å². The second-order valence-electron chi connectivity index (χ2n) is 15.5. The number of carbonyl (C=O) groups is 2. The van der Waals surface area contributed by atoms with Crippen molar-refractivity contribution in [3.63, 3.8) is 0 Å². The van der Waals surface area contributed by atoms with E-state index >= 15 is 0 Å². The van der Waals surface area contributed by atoms with Gasteiger partial charge in [-0.1, -0.05) is 20.8 Å². The molecular formula is C38H47N9O7. The van der Waals surface area contributed by atoms with Crippen LogP contribution in [0.1, 0.15) is 74.0 Å². The van der Waals surface area contributed by atoms with Crippen molar-refractivity contribution in [3.8, 4) is 17.4 Å². The summed E-state index contributed by atoms with van der Waals surface area (Å²) in [5.41, 5.74) is 2.00. The predicted octanol–water partition coefficient (Wildman–Crippen LogP) is 2.41. The SMILES string of the molecule is CCc1c(N2CCN(C(=O)c3c(OC)[nH]cc(C4CCOC4)c3=O)CC2)c(=O)c2nn(-c3ccnc(OC)c3)nc2n1CC(=O)NC12CC(C(C)C)(C1)C2. The molecule has 9 rings (SSSR count). The van der Waals surface area contributed by atoms with Crippen LogP contribution < -0.4 is 30.5 Å². The highest BCUT2D eigenvalue weighted by molar-refractivity contribution is 5.96. The third kappa shape index (κ3) is 5.81. The van der Waals surface area contributed by atoms with Crippen molar-refractivity contribution >= 4 is 28.7 Å². The zero-order chi connectivity index (χ0) is 37.9. The molecule has 2 aliphatic heterocycles. The number of fused-ring (bicyclic) bond motifs is 1. The van der Waals surface area contributed by atoms with Gasteiger partial charge in [0.1, 0.15) is 17.8 Å². The summed E-state index contributed by atoms with van der Waals surface area (Å²) in [6, 6.07) is 3.38. The van der Waals surface area contributed by atoms with Gasteiger partial charge in [0, 0.05) is 74.0 Å². The number of methoxy groups -OCH3 is 2. The maximum absolute atomic E-state index is 14.5. The quantitative estimate of drug-likeness (QED) is 0.231. The molecule has 286 valence electrons. The standard InChI is InChI=1S/C38H47N9O7/c1-6-26-31(44-10-12-45(13-11-44)36(51)29-32(49)25(16-40-35(29)53-5)23-8-14-54-18-23)33(50)30-34(43-47(42-30)24-7-9-39-28(15-24)52-4)46(26)17-27(48)41-38-19-37(20-38,21-38)22(2)3/h7,9,15-16,22-23H,6,8,10-14,17-21H2,1-5H3,(H,40,49)(H,41,48). The number of hydrogen-bond donors (Lipinski definition) is 2. The van der Waals surface area contributed by atoms with E-state index in [1.807, 2.05) is 16.4 Å². The summed E-state index contributed by atoms with van der Waals surface area (Å²) in [6.07, 6.45) is 7.27. The topological polar surface area (TPSA) is 179 Å². The van der Waals surface area contributed by atoms with Crippen molar-refractivity contribution in [2.75, 3.05) is 58.5 Å². The molecule has 6 heterocycles. The Balaban J connectivity index is 1.11. The summed E-state index contributed by atoms with van der Waals surface area (Å²) >= 11 is 0. The van der Waals surface area contributed by atoms with Gasteiger partial charge in [0.25, 0.3) is 5.91 Å². The molecule has 16 heteroatoms. The predicted molar refractivity (Wildman–Crippen MR) is 199 cm³/mol. The number of rotatable bonds is 11. The summed E-state index contributed by atoms with van der Waals surface area (Å²) in [6.45, 7) is 8.53. The highest BCUT2D eigenvalue weighted by Gasteiger charge is 2.69. The van der Waals surface area contributed by atoms with Crippen LogP contribution in [0.2, 0.25) is 0 Å².